The average molecular weight is 512 g/mol. The van der Waals surface area contributed by atoms with Crippen LogP contribution in [-0.2, 0) is 10.4 Å². The number of halogens is 1. The predicted molar refractivity (Wildman–Crippen MR) is 139 cm³/mol. The van der Waals surface area contributed by atoms with E-state index in [1.165, 1.54) is 70.3 Å². The van der Waals surface area contributed by atoms with Crippen molar-refractivity contribution >= 4 is 11.8 Å². The van der Waals surface area contributed by atoms with Crippen LogP contribution in [0, 0.1) is 5.82 Å². The molecule has 1 heterocycles. The van der Waals surface area contributed by atoms with E-state index >= 15 is 0 Å². The lowest BCUT2D eigenvalue weighted by atomic mass is 9.81. The summed E-state index contributed by atoms with van der Waals surface area (Å²) in [5.74, 6) is -2.12. The molecule has 0 spiro atoms. The molecule has 0 amide bonds. The van der Waals surface area contributed by atoms with Crippen LogP contribution in [0.5, 0.6) is 5.75 Å². The maximum Gasteiger partial charge on any atom is 0.306 e. The first kappa shape index (κ1) is 27.3. The van der Waals surface area contributed by atoms with Crippen LogP contribution in [-0.4, -0.2) is 40.2 Å². The van der Waals surface area contributed by atoms with Crippen LogP contribution in [0.25, 0.3) is 0 Å². The number of nitrogens with one attached hydrogen (secondary N) is 1. The van der Waals surface area contributed by atoms with Gasteiger partial charge in [-0.05, 0) is 43.9 Å². The Morgan fingerprint density at radius 1 is 0.919 bits per heavy atom. The molecule has 6 nitrogen and oxygen atoms in total. The van der Waals surface area contributed by atoms with Crippen LogP contribution in [0.1, 0.15) is 93.0 Å². The number of Topliss-reactive ketones (excluding diaryl/α,β-unsaturated/α-hetero) is 1. The van der Waals surface area contributed by atoms with E-state index in [1.54, 1.807) is 30.3 Å². The molecule has 7 heteroatoms. The largest absolute Gasteiger partial charge is 0.482 e. The first-order valence-corrected chi connectivity index (χ1v) is 13.6. The molecular formula is C30H38FNO5. The number of aliphatic carboxylic acids is 1. The van der Waals surface area contributed by atoms with Crippen LogP contribution >= 0.6 is 0 Å². The van der Waals surface area contributed by atoms with Gasteiger partial charge >= 0.3 is 5.97 Å². The van der Waals surface area contributed by atoms with Crippen LogP contribution in [0.15, 0.2) is 48.5 Å². The molecule has 1 aliphatic heterocycles. The number of carbonyl (C=O) groups is 2. The zero-order valence-corrected chi connectivity index (χ0v) is 21.3. The number of hydrogen-bond donors (Lipinski definition) is 3. The molecule has 37 heavy (non-hydrogen) atoms. The molecule has 2 fully saturated rings. The second kappa shape index (κ2) is 12.7. The molecule has 2 aromatic carbocycles. The summed E-state index contributed by atoms with van der Waals surface area (Å²) < 4.78 is 19.1. The minimum Gasteiger partial charge on any atom is -0.482 e. The third-order valence-corrected chi connectivity index (χ3v) is 7.71. The van der Waals surface area contributed by atoms with Gasteiger partial charge in [0.05, 0.1) is 6.42 Å². The lowest BCUT2D eigenvalue weighted by Gasteiger charge is -2.37. The molecule has 0 saturated heterocycles. The van der Waals surface area contributed by atoms with Gasteiger partial charge in [-0.2, -0.15) is 0 Å². The Hall–Kier alpha value is -2.77. The molecule has 200 valence electrons. The third kappa shape index (κ3) is 7.39. The van der Waals surface area contributed by atoms with Crippen molar-refractivity contribution in [2.45, 2.75) is 101 Å². The van der Waals surface area contributed by atoms with E-state index in [-0.39, 0.29) is 23.5 Å². The normalized spacial score (nSPS) is 24.2. The summed E-state index contributed by atoms with van der Waals surface area (Å²) in [4.78, 5) is 23.7. The molecule has 3 N–H and O–H groups in total. The first-order valence-electron chi connectivity index (χ1n) is 13.6. The highest BCUT2D eigenvalue weighted by Gasteiger charge is 2.44. The van der Waals surface area contributed by atoms with E-state index in [1.807, 2.05) is 0 Å². The summed E-state index contributed by atoms with van der Waals surface area (Å²) in [5, 5.41) is 23.8. The summed E-state index contributed by atoms with van der Waals surface area (Å²) in [7, 11) is 0. The van der Waals surface area contributed by atoms with Gasteiger partial charge in [0, 0.05) is 29.6 Å². The Balaban J connectivity index is 0.000000207. The van der Waals surface area contributed by atoms with E-state index in [2.05, 4.69) is 5.32 Å². The second-order valence-corrected chi connectivity index (χ2v) is 10.6. The predicted octanol–water partition coefficient (Wildman–Crippen LogP) is 5.76. The molecule has 2 aromatic rings. The van der Waals surface area contributed by atoms with Gasteiger partial charge in [-0.1, -0.05) is 68.9 Å². The fourth-order valence-corrected chi connectivity index (χ4v) is 5.80. The number of rotatable bonds is 6. The van der Waals surface area contributed by atoms with Gasteiger partial charge in [-0.25, -0.2) is 4.39 Å². The maximum absolute atomic E-state index is 13.5. The Kier molecular flexibility index (Phi) is 9.33. The number of hydrogen-bond acceptors (Lipinski definition) is 5. The van der Waals surface area contributed by atoms with E-state index in [4.69, 9.17) is 9.84 Å². The molecule has 0 radical (unpaired) electrons. The van der Waals surface area contributed by atoms with Crippen molar-refractivity contribution in [2.24, 2.45) is 0 Å². The van der Waals surface area contributed by atoms with Gasteiger partial charge in [0.1, 0.15) is 17.2 Å². The number of carboxylic acids is 1. The molecule has 2 atom stereocenters. The SMILES string of the molecule is C1CCC(NC2CCCCC2)CC1.O=C(O)C[C@]1(O)C[C@@H](C(=O)c2ccccc2)Oc2ccc(F)cc21. The Bertz CT molecular complexity index is 1030. The smallest absolute Gasteiger partial charge is 0.306 e. The van der Waals surface area contributed by atoms with Crippen LogP contribution in [0.4, 0.5) is 4.39 Å². The monoisotopic (exact) mass is 511 g/mol. The quantitative estimate of drug-likeness (QED) is 0.427. The van der Waals surface area contributed by atoms with Crippen molar-refractivity contribution in [3.8, 4) is 5.75 Å². The minimum atomic E-state index is -1.88. The fraction of sp³-hybridized carbons (Fsp3) is 0.533. The van der Waals surface area contributed by atoms with Crippen molar-refractivity contribution in [2.75, 3.05) is 0 Å². The number of carbonyl (C=O) groups excluding carboxylic acids is 1. The van der Waals surface area contributed by atoms with Gasteiger partial charge in [-0.15, -0.1) is 0 Å². The first-order chi connectivity index (χ1) is 17.8. The fourth-order valence-electron chi connectivity index (χ4n) is 5.80. The second-order valence-electron chi connectivity index (χ2n) is 10.6. The molecule has 2 saturated carbocycles. The molecule has 2 aliphatic carbocycles. The van der Waals surface area contributed by atoms with Crippen LogP contribution in [0.2, 0.25) is 0 Å². The summed E-state index contributed by atoms with van der Waals surface area (Å²) >= 11 is 0. The average Bonchev–Trinajstić information content (AvgIpc) is 2.90. The van der Waals surface area contributed by atoms with E-state index in [0.717, 1.165) is 24.2 Å². The minimum absolute atomic E-state index is 0.0435. The number of carboxylic acid groups (broad SMARTS) is 1. The van der Waals surface area contributed by atoms with Crippen molar-refractivity contribution in [1.82, 2.24) is 5.32 Å². The lowest BCUT2D eigenvalue weighted by Crippen LogP contribution is -2.43. The summed E-state index contributed by atoms with van der Waals surface area (Å²) in [5.41, 5.74) is -1.44. The summed E-state index contributed by atoms with van der Waals surface area (Å²) in [6, 6.07) is 13.6. The third-order valence-electron chi connectivity index (χ3n) is 7.71. The molecule has 0 bridgehead atoms. The van der Waals surface area contributed by atoms with Gasteiger partial charge in [-0.3, -0.25) is 9.59 Å². The Morgan fingerprint density at radius 2 is 1.51 bits per heavy atom. The number of ketones is 1. The van der Waals surface area contributed by atoms with Crippen molar-refractivity contribution in [3.63, 3.8) is 0 Å². The molecular weight excluding hydrogens is 473 g/mol. The number of fused-ring (bicyclic) bond motifs is 1. The Labute approximate surface area is 218 Å². The molecule has 0 aromatic heterocycles. The highest BCUT2D eigenvalue weighted by molar-refractivity contribution is 6.00. The number of aliphatic hydroxyl groups is 1. The maximum atomic E-state index is 13.5. The van der Waals surface area contributed by atoms with E-state index in [9.17, 15) is 19.1 Å². The number of benzene rings is 2. The highest BCUT2D eigenvalue weighted by Crippen LogP contribution is 2.42. The zero-order chi connectivity index (χ0) is 26.3. The van der Waals surface area contributed by atoms with Gasteiger partial charge in [0.25, 0.3) is 0 Å². The summed E-state index contributed by atoms with van der Waals surface area (Å²) in [6.07, 6.45) is 12.6. The molecule has 5 rings (SSSR count). The molecule has 3 aliphatic rings. The van der Waals surface area contributed by atoms with Crippen molar-refractivity contribution < 1.29 is 28.9 Å². The van der Waals surface area contributed by atoms with Gasteiger partial charge in [0.15, 0.2) is 6.10 Å². The van der Waals surface area contributed by atoms with Gasteiger partial charge < -0.3 is 20.3 Å². The Morgan fingerprint density at radius 3 is 2.08 bits per heavy atom. The number of ether oxygens (including phenoxy) is 1. The standard InChI is InChI=1S/C18H15FO5.C12H23N/c19-12-6-7-14-13(8-12)18(23,10-16(20)21)9-15(24-14)17(22)11-4-2-1-3-5-11;1-3-7-11(8-4-1)13-12-9-5-2-6-10-12/h1-8,15,23H,9-10H2,(H,20,21);11-13H,1-10H2/t15-,18+;/m0./s1. The van der Waals surface area contributed by atoms with Crippen molar-refractivity contribution in [3.05, 3.63) is 65.5 Å². The lowest BCUT2D eigenvalue weighted by molar-refractivity contribution is -0.144. The van der Waals surface area contributed by atoms with Crippen LogP contribution in [0.3, 0.4) is 0 Å². The molecule has 0 unspecified atom stereocenters. The van der Waals surface area contributed by atoms with Crippen molar-refractivity contribution in [1.29, 1.82) is 0 Å². The zero-order valence-electron chi connectivity index (χ0n) is 21.3. The van der Waals surface area contributed by atoms with Crippen LogP contribution < -0.4 is 10.1 Å². The van der Waals surface area contributed by atoms with Gasteiger partial charge in [0.2, 0.25) is 5.78 Å². The van der Waals surface area contributed by atoms with E-state index < -0.39 is 29.9 Å². The summed E-state index contributed by atoms with van der Waals surface area (Å²) in [6.45, 7) is 0. The topological polar surface area (TPSA) is 95.9 Å². The van der Waals surface area contributed by atoms with E-state index in [0.29, 0.717) is 5.56 Å². The highest BCUT2D eigenvalue weighted by atomic mass is 19.1.